The van der Waals surface area contributed by atoms with Crippen molar-refractivity contribution >= 4 is 20.9 Å². The number of benzene rings is 1. The molecule has 3 rings (SSSR count). The number of nitrogens with zero attached hydrogens (tertiary/aromatic N) is 1. The lowest BCUT2D eigenvalue weighted by Crippen LogP contribution is -2.38. The fraction of sp³-hybridized carbons (Fsp3) is 0.438. The zero-order chi connectivity index (χ0) is 15.6. The fourth-order valence-corrected chi connectivity index (χ4v) is 4.24. The molecular weight excluding hydrogens is 298 g/mol. The molecule has 0 amide bonds. The van der Waals surface area contributed by atoms with Gasteiger partial charge in [0.25, 0.3) is 0 Å². The summed E-state index contributed by atoms with van der Waals surface area (Å²) >= 11 is 0. The third kappa shape index (κ3) is 3.14. The monoisotopic (exact) mass is 319 g/mol. The summed E-state index contributed by atoms with van der Waals surface area (Å²) < 4.78 is 28.0. The van der Waals surface area contributed by atoms with Crippen LogP contribution >= 0.6 is 0 Å². The van der Waals surface area contributed by atoms with Crippen LogP contribution in [-0.4, -0.2) is 33.0 Å². The van der Waals surface area contributed by atoms with E-state index in [1.807, 2.05) is 19.1 Å². The Labute approximate surface area is 131 Å². The smallest absolute Gasteiger partial charge is 0.241 e. The van der Waals surface area contributed by atoms with Crippen LogP contribution in [0.2, 0.25) is 0 Å². The fourth-order valence-electron chi connectivity index (χ4n) is 2.93. The van der Waals surface area contributed by atoms with Gasteiger partial charge in [0.1, 0.15) is 0 Å². The third-order valence-corrected chi connectivity index (χ3v) is 5.66. The Kier molecular flexibility index (Phi) is 4.42. The van der Waals surface area contributed by atoms with Crippen molar-refractivity contribution in [1.82, 2.24) is 15.0 Å². The number of aryl methyl sites for hydroxylation is 1. The van der Waals surface area contributed by atoms with Gasteiger partial charge in [-0.1, -0.05) is 6.07 Å². The van der Waals surface area contributed by atoms with Gasteiger partial charge in [-0.15, -0.1) is 0 Å². The Morgan fingerprint density at radius 1 is 1.36 bits per heavy atom. The third-order valence-electron chi connectivity index (χ3n) is 4.18. The van der Waals surface area contributed by atoms with E-state index in [0.717, 1.165) is 37.0 Å². The van der Waals surface area contributed by atoms with Gasteiger partial charge in [-0.2, -0.15) is 0 Å². The number of nitrogens with one attached hydrogen (secondary N) is 2. The molecule has 0 radical (unpaired) electrons. The Balaban J connectivity index is 1.87. The molecule has 1 unspecified atom stereocenters. The number of piperidine rings is 1. The second-order valence-corrected chi connectivity index (χ2v) is 7.58. The summed E-state index contributed by atoms with van der Waals surface area (Å²) in [5.41, 5.74) is 1.72. The molecule has 0 aliphatic carbocycles. The molecule has 6 heteroatoms. The Bertz CT molecular complexity index is 768. The molecule has 0 saturated carbocycles. The van der Waals surface area contributed by atoms with E-state index in [2.05, 4.69) is 15.0 Å². The molecule has 1 aliphatic heterocycles. The summed E-state index contributed by atoms with van der Waals surface area (Å²) in [4.78, 5) is 4.61. The molecule has 1 fully saturated rings. The molecular formula is C16H21N3O2S. The van der Waals surface area contributed by atoms with Crippen LogP contribution in [0.5, 0.6) is 0 Å². The average Bonchev–Trinajstić information content (AvgIpc) is 2.54. The van der Waals surface area contributed by atoms with Crippen LogP contribution in [-0.2, 0) is 10.0 Å². The van der Waals surface area contributed by atoms with Gasteiger partial charge in [0.15, 0.2) is 0 Å². The van der Waals surface area contributed by atoms with Gasteiger partial charge in [0.2, 0.25) is 10.0 Å². The van der Waals surface area contributed by atoms with Gasteiger partial charge in [0.05, 0.1) is 10.4 Å². The zero-order valence-corrected chi connectivity index (χ0v) is 13.5. The Morgan fingerprint density at radius 3 is 3.00 bits per heavy atom. The van der Waals surface area contributed by atoms with Crippen LogP contribution in [0.3, 0.4) is 0 Å². The Hall–Kier alpha value is -1.50. The van der Waals surface area contributed by atoms with Crippen molar-refractivity contribution in [3.8, 4) is 0 Å². The van der Waals surface area contributed by atoms with E-state index in [9.17, 15) is 8.42 Å². The second-order valence-electron chi connectivity index (χ2n) is 5.84. The predicted octanol–water partition coefficient (Wildman–Crippen LogP) is 1.82. The van der Waals surface area contributed by atoms with Gasteiger partial charge in [-0.05, 0) is 62.5 Å². The largest absolute Gasteiger partial charge is 0.316 e. The van der Waals surface area contributed by atoms with Crippen LogP contribution < -0.4 is 10.0 Å². The number of rotatable bonds is 4. The summed E-state index contributed by atoms with van der Waals surface area (Å²) in [6.45, 7) is 4.31. The molecule has 1 aliphatic rings. The van der Waals surface area contributed by atoms with E-state index in [-0.39, 0.29) is 0 Å². The van der Waals surface area contributed by atoms with E-state index in [0.29, 0.717) is 22.7 Å². The van der Waals surface area contributed by atoms with Crippen LogP contribution in [0.15, 0.2) is 35.4 Å². The summed E-state index contributed by atoms with van der Waals surface area (Å²) in [5.74, 6) is 0.360. The van der Waals surface area contributed by atoms with Gasteiger partial charge in [0, 0.05) is 18.1 Å². The molecule has 1 aromatic heterocycles. The molecule has 1 saturated heterocycles. The quantitative estimate of drug-likeness (QED) is 0.902. The minimum atomic E-state index is -3.52. The van der Waals surface area contributed by atoms with Crippen LogP contribution in [0.4, 0.5) is 0 Å². The highest BCUT2D eigenvalue weighted by Gasteiger charge is 2.21. The minimum absolute atomic E-state index is 0.310. The highest BCUT2D eigenvalue weighted by molar-refractivity contribution is 7.89. The SMILES string of the molecule is Cc1ccc(S(=O)(=O)NCC2CCCNC2)c2cccnc12. The maximum Gasteiger partial charge on any atom is 0.241 e. The lowest BCUT2D eigenvalue weighted by molar-refractivity contribution is 0.376. The highest BCUT2D eigenvalue weighted by atomic mass is 32.2. The molecule has 22 heavy (non-hydrogen) atoms. The van der Waals surface area contributed by atoms with Crippen LogP contribution in [0, 0.1) is 12.8 Å². The highest BCUT2D eigenvalue weighted by Crippen LogP contribution is 2.24. The standard InChI is InChI=1S/C16H21N3O2S/c1-12-6-7-15(14-5-3-9-18-16(12)14)22(20,21)19-11-13-4-2-8-17-10-13/h3,5-7,9,13,17,19H,2,4,8,10-11H2,1H3. The van der Waals surface area contributed by atoms with Gasteiger partial charge in [-0.25, -0.2) is 13.1 Å². The van der Waals surface area contributed by atoms with Crippen molar-refractivity contribution in [3.05, 3.63) is 36.0 Å². The molecule has 118 valence electrons. The number of fused-ring (bicyclic) bond motifs is 1. The number of pyridine rings is 1. The minimum Gasteiger partial charge on any atom is -0.316 e. The van der Waals surface area contributed by atoms with Crippen molar-refractivity contribution in [2.75, 3.05) is 19.6 Å². The predicted molar refractivity (Wildman–Crippen MR) is 87.3 cm³/mol. The number of aromatic nitrogens is 1. The van der Waals surface area contributed by atoms with E-state index >= 15 is 0 Å². The van der Waals surface area contributed by atoms with E-state index in [4.69, 9.17) is 0 Å². The molecule has 0 bridgehead atoms. The van der Waals surface area contributed by atoms with Crippen LogP contribution in [0.25, 0.3) is 10.9 Å². The molecule has 2 heterocycles. The summed E-state index contributed by atoms with van der Waals surface area (Å²) in [6, 6.07) is 7.06. The average molecular weight is 319 g/mol. The van der Waals surface area contributed by atoms with E-state index in [1.54, 1.807) is 18.3 Å². The second kappa shape index (κ2) is 6.32. The molecule has 2 aromatic rings. The first-order chi connectivity index (χ1) is 10.6. The number of sulfonamides is 1. The van der Waals surface area contributed by atoms with E-state index < -0.39 is 10.0 Å². The van der Waals surface area contributed by atoms with Gasteiger partial charge >= 0.3 is 0 Å². The molecule has 2 N–H and O–H groups in total. The van der Waals surface area contributed by atoms with Gasteiger partial charge < -0.3 is 5.32 Å². The first kappa shape index (κ1) is 15.4. The molecule has 1 aromatic carbocycles. The maximum absolute atomic E-state index is 12.6. The van der Waals surface area contributed by atoms with Crippen molar-refractivity contribution in [3.63, 3.8) is 0 Å². The van der Waals surface area contributed by atoms with Crippen LogP contribution in [0.1, 0.15) is 18.4 Å². The van der Waals surface area contributed by atoms with Crippen molar-refractivity contribution in [2.24, 2.45) is 5.92 Å². The van der Waals surface area contributed by atoms with Crippen molar-refractivity contribution in [2.45, 2.75) is 24.7 Å². The molecule has 0 spiro atoms. The zero-order valence-electron chi connectivity index (χ0n) is 12.7. The first-order valence-electron chi connectivity index (χ1n) is 7.62. The summed E-state index contributed by atoms with van der Waals surface area (Å²) in [6.07, 6.45) is 3.85. The lowest BCUT2D eigenvalue weighted by atomic mass is 10.0. The normalized spacial score (nSPS) is 19.4. The molecule has 1 atom stereocenters. The van der Waals surface area contributed by atoms with Crippen molar-refractivity contribution < 1.29 is 8.42 Å². The first-order valence-corrected chi connectivity index (χ1v) is 9.11. The topological polar surface area (TPSA) is 71.1 Å². The Morgan fingerprint density at radius 2 is 2.23 bits per heavy atom. The van der Waals surface area contributed by atoms with Crippen molar-refractivity contribution in [1.29, 1.82) is 0 Å². The van der Waals surface area contributed by atoms with Gasteiger partial charge in [-0.3, -0.25) is 4.98 Å². The number of hydrogen-bond donors (Lipinski definition) is 2. The maximum atomic E-state index is 12.6. The summed E-state index contributed by atoms with van der Waals surface area (Å²) in [5, 5.41) is 3.98. The number of hydrogen-bond acceptors (Lipinski definition) is 4. The molecule has 5 nitrogen and oxygen atoms in total. The lowest BCUT2D eigenvalue weighted by Gasteiger charge is -2.23. The van der Waals surface area contributed by atoms with E-state index in [1.165, 1.54) is 0 Å². The summed E-state index contributed by atoms with van der Waals surface area (Å²) in [7, 11) is -3.52.